The van der Waals surface area contributed by atoms with Crippen LogP contribution in [0.4, 0.5) is 4.79 Å². The lowest BCUT2D eigenvalue weighted by Crippen LogP contribution is -2.53. The molecule has 1 aliphatic carbocycles. The minimum atomic E-state index is -0.913. The number of amides is 2. The van der Waals surface area contributed by atoms with Crippen LogP contribution in [0.25, 0.3) is 0 Å². The van der Waals surface area contributed by atoms with E-state index in [0.717, 1.165) is 25.7 Å². The Labute approximate surface area is 128 Å². The van der Waals surface area contributed by atoms with E-state index in [1.165, 1.54) is 6.42 Å². The van der Waals surface area contributed by atoms with Crippen LogP contribution in [-0.4, -0.2) is 40.6 Å². The predicted molar refractivity (Wildman–Crippen MR) is 83.2 cm³/mol. The standard InChI is InChI=1S/C16H30N2O3/c1-11(2)10-18(12(3)4)16(21)17-14(15(19)20)13-8-6-5-7-9-13/h11-14H,5-10H2,1-4H3,(H,17,21)(H,19,20). The highest BCUT2D eigenvalue weighted by molar-refractivity contribution is 5.83. The summed E-state index contributed by atoms with van der Waals surface area (Å²) in [5, 5.41) is 12.2. The number of urea groups is 1. The SMILES string of the molecule is CC(C)CN(C(=O)NC(C(=O)O)C1CCCCC1)C(C)C. The molecule has 5 nitrogen and oxygen atoms in total. The molecule has 0 aromatic rings. The zero-order chi connectivity index (χ0) is 16.0. The number of carboxylic acids is 1. The van der Waals surface area contributed by atoms with Gasteiger partial charge in [0, 0.05) is 12.6 Å². The van der Waals surface area contributed by atoms with Crippen LogP contribution in [0.15, 0.2) is 0 Å². The molecule has 1 atom stereocenters. The Morgan fingerprint density at radius 3 is 2.14 bits per heavy atom. The van der Waals surface area contributed by atoms with Crippen molar-refractivity contribution in [3.63, 3.8) is 0 Å². The van der Waals surface area contributed by atoms with E-state index in [9.17, 15) is 14.7 Å². The van der Waals surface area contributed by atoms with Gasteiger partial charge in [-0.25, -0.2) is 9.59 Å². The van der Waals surface area contributed by atoms with Crippen molar-refractivity contribution >= 4 is 12.0 Å². The largest absolute Gasteiger partial charge is 0.480 e. The molecule has 0 bridgehead atoms. The normalized spacial score (nSPS) is 17.8. The summed E-state index contributed by atoms with van der Waals surface area (Å²) in [5.74, 6) is -0.493. The number of carbonyl (C=O) groups is 2. The number of carbonyl (C=O) groups excluding carboxylic acids is 1. The molecule has 2 N–H and O–H groups in total. The van der Waals surface area contributed by atoms with Crippen LogP contribution < -0.4 is 5.32 Å². The number of hydrogen-bond donors (Lipinski definition) is 2. The third-order valence-electron chi connectivity index (χ3n) is 4.11. The van der Waals surface area contributed by atoms with Crippen molar-refractivity contribution in [2.75, 3.05) is 6.54 Å². The average molecular weight is 298 g/mol. The van der Waals surface area contributed by atoms with Crippen LogP contribution in [0, 0.1) is 11.8 Å². The molecule has 2 amide bonds. The summed E-state index contributed by atoms with van der Waals surface area (Å²) in [6, 6.07) is -0.948. The van der Waals surface area contributed by atoms with Crippen molar-refractivity contribution < 1.29 is 14.7 Å². The quantitative estimate of drug-likeness (QED) is 0.791. The van der Waals surface area contributed by atoms with Crippen LogP contribution in [0.1, 0.15) is 59.8 Å². The van der Waals surface area contributed by atoms with Gasteiger partial charge in [-0.3, -0.25) is 0 Å². The Kier molecular flexibility index (Phi) is 6.99. The van der Waals surface area contributed by atoms with Crippen molar-refractivity contribution in [2.24, 2.45) is 11.8 Å². The molecule has 1 fully saturated rings. The highest BCUT2D eigenvalue weighted by Crippen LogP contribution is 2.26. The summed E-state index contributed by atoms with van der Waals surface area (Å²) in [6.07, 6.45) is 5.07. The smallest absolute Gasteiger partial charge is 0.326 e. The van der Waals surface area contributed by atoms with Gasteiger partial charge in [0.25, 0.3) is 0 Å². The average Bonchev–Trinajstić information content (AvgIpc) is 2.42. The van der Waals surface area contributed by atoms with E-state index in [0.29, 0.717) is 12.5 Å². The van der Waals surface area contributed by atoms with Crippen molar-refractivity contribution in [3.8, 4) is 0 Å². The van der Waals surface area contributed by atoms with E-state index < -0.39 is 12.0 Å². The van der Waals surface area contributed by atoms with Gasteiger partial charge in [-0.05, 0) is 38.5 Å². The van der Waals surface area contributed by atoms with Crippen molar-refractivity contribution in [1.29, 1.82) is 0 Å². The van der Waals surface area contributed by atoms with Gasteiger partial charge >= 0.3 is 12.0 Å². The number of carboxylic acid groups (broad SMARTS) is 1. The molecule has 0 spiro atoms. The van der Waals surface area contributed by atoms with E-state index in [1.54, 1.807) is 4.90 Å². The van der Waals surface area contributed by atoms with Crippen molar-refractivity contribution in [2.45, 2.75) is 71.9 Å². The third kappa shape index (κ3) is 5.56. The first kappa shape index (κ1) is 17.8. The fourth-order valence-corrected chi connectivity index (χ4v) is 2.99. The Balaban J connectivity index is 2.71. The number of aliphatic carboxylic acids is 1. The second-order valence-electron chi connectivity index (χ2n) is 6.80. The van der Waals surface area contributed by atoms with Crippen LogP contribution in [0.2, 0.25) is 0 Å². The molecule has 0 heterocycles. The van der Waals surface area contributed by atoms with Gasteiger partial charge < -0.3 is 15.3 Å². The fraction of sp³-hybridized carbons (Fsp3) is 0.875. The molecule has 0 radical (unpaired) electrons. The molecule has 5 heteroatoms. The minimum absolute atomic E-state index is 0.0631. The number of nitrogens with one attached hydrogen (secondary N) is 1. The molecule has 1 rings (SSSR count). The van der Waals surface area contributed by atoms with Crippen molar-refractivity contribution in [3.05, 3.63) is 0 Å². The molecule has 21 heavy (non-hydrogen) atoms. The Morgan fingerprint density at radius 1 is 1.14 bits per heavy atom. The number of nitrogens with zero attached hydrogens (tertiary/aromatic N) is 1. The lowest BCUT2D eigenvalue weighted by molar-refractivity contribution is -0.141. The van der Waals surface area contributed by atoms with E-state index in [1.807, 2.05) is 13.8 Å². The summed E-state index contributed by atoms with van der Waals surface area (Å²) in [5.41, 5.74) is 0. The minimum Gasteiger partial charge on any atom is -0.480 e. The summed E-state index contributed by atoms with van der Waals surface area (Å²) >= 11 is 0. The molecule has 0 saturated heterocycles. The third-order valence-corrected chi connectivity index (χ3v) is 4.11. The van der Waals surface area contributed by atoms with Gasteiger partial charge in [-0.1, -0.05) is 33.1 Å². The Morgan fingerprint density at radius 2 is 1.71 bits per heavy atom. The lowest BCUT2D eigenvalue weighted by atomic mass is 9.84. The maximum Gasteiger partial charge on any atom is 0.326 e. The summed E-state index contributed by atoms with van der Waals surface area (Å²) in [6.45, 7) is 8.66. The second kappa shape index (κ2) is 8.25. The number of rotatable bonds is 6. The van der Waals surface area contributed by atoms with E-state index in [2.05, 4.69) is 19.2 Å². The van der Waals surface area contributed by atoms with Crippen LogP contribution in [0.5, 0.6) is 0 Å². The highest BCUT2D eigenvalue weighted by Gasteiger charge is 2.32. The van der Waals surface area contributed by atoms with Gasteiger partial charge in [0.1, 0.15) is 6.04 Å². The molecule has 0 aliphatic heterocycles. The Bertz CT molecular complexity index is 349. The summed E-state index contributed by atoms with van der Waals surface area (Å²) in [4.78, 5) is 25.7. The molecule has 0 aromatic carbocycles. The van der Waals surface area contributed by atoms with Gasteiger partial charge in [-0.15, -0.1) is 0 Å². The zero-order valence-corrected chi connectivity index (χ0v) is 13.8. The first-order valence-corrected chi connectivity index (χ1v) is 8.12. The number of hydrogen-bond acceptors (Lipinski definition) is 2. The molecular formula is C16H30N2O3. The molecule has 122 valence electrons. The Hall–Kier alpha value is -1.26. The first-order valence-electron chi connectivity index (χ1n) is 8.12. The van der Waals surface area contributed by atoms with Crippen molar-refractivity contribution in [1.82, 2.24) is 10.2 Å². The highest BCUT2D eigenvalue weighted by atomic mass is 16.4. The predicted octanol–water partition coefficient (Wildman–Crippen LogP) is 3.10. The van der Waals surface area contributed by atoms with E-state index in [-0.39, 0.29) is 18.0 Å². The van der Waals surface area contributed by atoms with Gasteiger partial charge in [0.2, 0.25) is 0 Å². The summed E-state index contributed by atoms with van der Waals surface area (Å²) < 4.78 is 0. The molecule has 1 unspecified atom stereocenters. The lowest BCUT2D eigenvalue weighted by Gasteiger charge is -2.33. The van der Waals surface area contributed by atoms with Gasteiger partial charge in [-0.2, -0.15) is 0 Å². The molecule has 1 aliphatic rings. The zero-order valence-electron chi connectivity index (χ0n) is 13.8. The second-order valence-corrected chi connectivity index (χ2v) is 6.80. The molecule has 0 aromatic heterocycles. The maximum atomic E-state index is 12.4. The molecule has 1 saturated carbocycles. The monoisotopic (exact) mass is 298 g/mol. The topological polar surface area (TPSA) is 69.6 Å². The maximum absolute atomic E-state index is 12.4. The molecular weight excluding hydrogens is 268 g/mol. The van der Waals surface area contributed by atoms with Gasteiger partial charge in [0.05, 0.1) is 0 Å². The fourth-order valence-electron chi connectivity index (χ4n) is 2.99. The van der Waals surface area contributed by atoms with E-state index >= 15 is 0 Å². The van der Waals surface area contributed by atoms with Crippen LogP contribution in [0.3, 0.4) is 0 Å². The van der Waals surface area contributed by atoms with Gasteiger partial charge in [0.15, 0.2) is 0 Å². The summed E-state index contributed by atoms with van der Waals surface area (Å²) in [7, 11) is 0. The van der Waals surface area contributed by atoms with E-state index in [4.69, 9.17) is 0 Å². The first-order chi connectivity index (χ1) is 9.82. The van der Waals surface area contributed by atoms with Crippen LogP contribution in [-0.2, 0) is 4.79 Å². The van der Waals surface area contributed by atoms with Crippen LogP contribution >= 0.6 is 0 Å².